The first-order valence-electron chi connectivity index (χ1n) is 7.58. The van der Waals surface area contributed by atoms with Crippen LogP contribution in [0, 0.1) is 0 Å². The van der Waals surface area contributed by atoms with Gasteiger partial charge in [0.25, 0.3) is 0 Å². The Morgan fingerprint density at radius 1 is 1.20 bits per heavy atom. The summed E-state index contributed by atoms with van der Waals surface area (Å²) in [6.07, 6.45) is 4.92. The largest absolute Gasteiger partial charge is 0.325 e. The summed E-state index contributed by atoms with van der Waals surface area (Å²) in [6.45, 7) is -0.229. The monoisotopic (exact) mass is 358 g/mol. The molecule has 7 nitrogen and oxygen atoms in total. The molecule has 0 atom stereocenters. The number of nitrogens with zero attached hydrogens (tertiary/aromatic N) is 3. The van der Waals surface area contributed by atoms with E-state index in [1.165, 1.54) is 7.05 Å². The summed E-state index contributed by atoms with van der Waals surface area (Å²) in [5, 5.41) is 2.68. The van der Waals surface area contributed by atoms with Crippen LogP contribution in [0.15, 0.2) is 54.9 Å². The van der Waals surface area contributed by atoms with E-state index in [9.17, 15) is 13.2 Å². The predicted octanol–water partition coefficient (Wildman–Crippen LogP) is 1.83. The summed E-state index contributed by atoms with van der Waals surface area (Å²) in [5.41, 5.74) is 3.22. The third-order valence-corrected chi connectivity index (χ3v) is 5.02. The van der Waals surface area contributed by atoms with E-state index in [4.69, 9.17) is 0 Å². The van der Waals surface area contributed by atoms with Crippen molar-refractivity contribution in [1.29, 1.82) is 0 Å². The third kappa shape index (κ3) is 4.04. The SMILES string of the molecule is CN(CC(=O)Nc1ccc(-c2cn3ccccc3n2)cc1)S(C)(=O)=O. The van der Waals surface area contributed by atoms with Gasteiger partial charge in [0.2, 0.25) is 15.9 Å². The molecule has 0 bridgehead atoms. The number of carbonyl (C=O) groups excluding carboxylic acids is 1. The molecule has 1 N–H and O–H groups in total. The highest BCUT2D eigenvalue weighted by Crippen LogP contribution is 2.21. The molecule has 8 heteroatoms. The van der Waals surface area contributed by atoms with Crippen molar-refractivity contribution in [2.75, 3.05) is 25.2 Å². The number of pyridine rings is 1. The van der Waals surface area contributed by atoms with Gasteiger partial charge in [-0.3, -0.25) is 4.79 Å². The molecule has 2 aromatic heterocycles. The Hall–Kier alpha value is -2.71. The van der Waals surface area contributed by atoms with Gasteiger partial charge in [-0.05, 0) is 24.3 Å². The van der Waals surface area contributed by atoms with Gasteiger partial charge in [0, 0.05) is 30.7 Å². The Kier molecular flexibility index (Phi) is 4.56. The number of hydrogen-bond acceptors (Lipinski definition) is 4. The topological polar surface area (TPSA) is 83.8 Å². The highest BCUT2D eigenvalue weighted by Gasteiger charge is 2.15. The van der Waals surface area contributed by atoms with E-state index in [-0.39, 0.29) is 6.54 Å². The molecular formula is C17H18N4O3S. The molecule has 0 saturated heterocycles. The number of carbonyl (C=O) groups is 1. The Bertz CT molecular complexity index is 977. The molecule has 3 aromatic rings. The molecule has 0 aliphatic rings. The molecule has 1 aromatic carbocycles. The van der Waals surface area contributed by atoms with Crippen molar-refractivity contribution >= 4 is 27.3 Å². The molecule has 0 fully saturated rings. The molecule has 1 amide bonds. The van der Waals surface area contributed by atoms with Crippen LogP contribution < -0.4 is 5.32 Å². The molecule has 130 valence electrons. The Balaban J connectivity index is 1.71. The van der Waals surface area contributed by atoms with Crippen LogP contribution in [0.2, 0.25) is 0 Å². The van der Waals surface area contributed by atoms with Crippen molar-refractivity contribution in [2.24, 2.45) is 0 Å². The minimum atomic E-state index is -3.38. The molecule has 0 aliphatic carbocycles. The van der Waals surface area contributed by atoms with Gasteiger partial charge in [-0.2, -0.15) is 4.31 Å². The van der Waals surface area contributed by atoms with E-state index in [2.05, 4.69) is 10.3 Å². The van der Waals surface area contributed by atoms with Crippen LogP contribution in [-0.4, -0.2) is 47.9 Å². The normalized spacial score (nSPS) is 11.8. The zero-order valence-electron chi connectivity index (χ0n) is 13.9. The zero-order valence-corrected chi connectivity index (χ0v) is 14.7. The lowest BCUT2D eigenvalue weighted by atomic mass is 10.1. The molecule has 25 heavy (non-hydrogen) atoms. The second-order valence-corrected chi connectivity index (χ2v) is 7.83. The average molecular weight is 358 g/mol. The number of nitrogens with one attached hydrogen (secondary N) is 1. The summed E-state index contributed by atoms with van der Waals surface area (Å²) in [6, 6.07) is 13.0. The molecule has 0 radical (unpaired) electrons. The maximum atomic E-state index is 11.9. The van der Waals surface area contributed by atoms with E-state index in [1.54, 1.807) is 12.1 Å². The van der Waals surface area contributed by atoms with Crippen molar-refractivity contribution in [3.05, 3.63) is 54.9 Å². The minimum absolute atomic E-state index is 0.229. The molecule has 3 rings (SSSR count). The van der Waals surface area contributed by atoms with Crippen LogP contribution in [0.4, 0.5) is 5.69 Å². The molecule has 0 saturated carbocycles. The Labute approximate surface area is 146 Å². The van der Waals surface area contributed by atoms with Crippen molar-refractivity contribution in [3.8, 4) is 11.3 Å². The van der Waals surface area contributed by atoms with Gasteiger partial charge in [0.05, 0.1) is 18.5 Å². The van der Waals surface area contributed by atoms with E-state index in [1.807, 2.05) is 47.1 Å². The van der Waals surface area contributed by atoms with Crippen molar-refractivity contribution < 1.29 is 13.2 Å². The van der Waals surface area contributed by atoms with Crippen LogP contribution in [0.5, 0.6) is 0 Å². The number of likely N-dealkylation sites (N-methyl/N-ethyl adjacent to an activating group) is 1. The van der Waals surface area contributed by atoms with E-state index in [0.717, 1.165) is 27.5 Å². The number of amides is 1. The van der Waals surface area contributed by atoms with Gasteiger partial charge in [-0.15, -0.1) is 0 Å². The standard InChI is InChI=1S/C17H18N4O3S/c1-20(25(2,23)24)12-17(22)18-14-8-6-13(7-9-14)15-11-21-10-4-3-5-16(21)19-15/h3-11H,12H2,1-2H3,(H,18,22). The van der Waals surface area contributed by atoms with Crippen LogP contribution in [0.1, 0.15) is 0 Å². The second-order valence-electron chi connectivity index (χ2n) is 5.74. The smallest absolute Gasteiger partial charge is 0.239 e. The number of sulfonamides is 1. The lowest BCUT2D eigenvalue weighted by Crippen LogP contribution is -2.34. The maximum absolute atomic E-state index is 11.9. The molecular weight excluding hydrogens is 340 g/mol. The van der Waals surface area contributed by atoms with Crippen LogP contribution in [0.25, 0.3) is 16.9 Å². The lowest BCUT2D eigenvalue weighted by Gasteiger charge is -2.13. The number of hydrogen-bond donors (Lipinski definition) is 1. The summed E-state index contributed by atoms with van der Waals surface area (Å²) < 4.78 is 25.6. The maximum Gasteiger partial charge on any atom is 0.239 e. The van der Waals surface area contributed by atoms with Gasteiger partial charge >= 0.3 is 0 Å². The first-order valence-corrected chi connectivity index (χ1v) is 9.43. The van der Waals surface area contributed by atoms with Crippen LogP contribution >= 0.6 is 0 Å². The molecule has 0 aliphatic heterocycles. The third-order valence-electron chi connectivity index (χ3n) is 3.76. The highest BCUT2D eigenvalue weighted by molar-refractivity contribution is 7.88. The minimum Gasteiger partial charge on any atom is -0.325 e. The van der Waals surface area contributed by atoms with Crippen molar-refractivity contribution in [3.63, 3.8) is 0 Å². The fraction of sp³-hybridized carbons (Fsp3) is 0.176. The first-order chi connectivity index (χ1) is 11.8. The Morgan fingerprint density at radius 3 is 2.56 bits per heavy atom. The number of benzene rings is 1. The summed E-state index contributed by atoms with van der Waals surface area (Å²) in [4.78, 5) is 16.5. The fourth-order valence-corrected chi connectivity index (χ4v) is 2.67. The van der Waals surface area contributed by atoms with Gasteiger partial charge in [-0.1, -0.05) is 18.2 Å². The predicted molar refractivity (Wildman–Crippen MR) is 96.7 cm³/mol. The summed E-state index contributed by atoms with van der Waals surface area (Å²) in [7, 11) is -2.02. The van der Waals surface area contributed by atoms with Crippen LogP contribution in [-0.2, 0) is 14.8 Å². The number of imidazole rings is 1. The van der Waals surface area contributed by atoms with Crippen molar-refractivity contribution in [1.82, 2.24) is 13.7 Å². The zero-order chi connectivity index (χ0) is 18.0. The molecule has 2 heterocycles. The second kappa shape index (κ2) is 6.66. The number of aromatic nitrogens is 2. The molecule has 0 spiro atoms. The number of anilines is 1. The van der Waals surface area contributed by atoms with Gasteiger partial charge in [0.1, 0.15) is 5.65 Å². The van der Waals surface area contributed by atoms with Gasteiger partial charge in [-0.25, -0.2) is 13.4 Å². The molecule has 0 unspecified atom stereocenters. The average Bonchev–Trinajstić information content (AvgIpc) is 2.98. The van der Waals surface area contributed by atoms with E-state index >= 15 is 0 Å². The van der Waals surface area contributed by atoms with Gasteiger partial charge in [0.15, 0.2) is 0 Å². The first kappa shape index (κ1) is 17.1. The van der Waals surface area contributed by atoms with Crippen LogP contribution in [0.3, 0.4) is 0 Å². The summed E-state index contributed by atoms with van der Waals surface area (Å²) >= 11 is 0. The van der Waals surface area contributed by atoms with Gasteiger partial charge < -0.3 is 9.72 Å². The summed E-state index contributed by atoms with van der Waals surface area (Å²) in [5.74, 6) is -0.395. The fourth-order valence-electron chi connectivity index (χ4n) is 2.32. The number of rotatable bonds is 5. The Morgan fingerprint density at radius 2 is 1.92 bits per heavy atom. The quantitative estimate of drug-likeness (QED) is 0.754. The van der Waals surface area contributed by atoms with E-state index < -0.39 is 15.9 Å². The number of fused-ring (bicyclic) bond motifs is 1. The lowest BCUT2D eigenvalue weighted by molar-refractivity contribution is -0.116. The van der Waals surface area contributed by atoms with Crippen molar-refractivity contribution in [2.45, 2.75) is 0 Å². The van der Waals surface area contributed by atoms with E-state index in [0.29, 0.717) is 5.69 Å². The highest BCUT2D eigenvalue weighted by atomic mass is 32.2.